The standard InChI is InChI=1S/C31H27FN4O6/c1-18(2)35-17-24(30(38)36(31(35)39)21-9-5-19(32)6-10-21)29(37)34-20-7-11-22(12-8-20)42-26-13-14-33-25-15-23(40-3)16-27(41-4)28(25)26/h5-18H,1-4H3,(H,34,37). The first-order valence-corrected chi connectivity index (χ1v) is 12.9. The van der Waals surface area contributed by atoms with Crippen molar-refractivity contribution < 1.29 is 23.4 Å². The SMILES string of the molecule is COc1cc(OC)c2c(Oc3ccc(NC(=O)c4cn(C(C)C)c(=O)n(-c5ccc(F)cc5)c4=O)cc3)ccnc2c1. The van der Waals surface area contributed by atoms with Crippen LogP contribution in [0.1, 0.15) is 30.2 Å². The molecule has 42 heavy (non-hydrogen) atoms. The van der Waals surface area contributed by atoms with Gasteiger partial charge in [0.2, 0.25) is 0 Å². The summed E-state index contributed by atoms with van der Waals surface area (Å²) in [6.45, 7) is 3.50. The van der Waals surface area contributed by atoms with E-state index in [0.717, 1.165) is 16.7 Å². The van der Waals surface area contributed by atoms with Gasteiger partial charge in [0.1, 0.15) is 34.4 Å². The Morgan fingerprint density at radius 1 is 0.905 bits per heavy atom. The van der Waals surface area contributed by atoms with Gasteiger partial charge in [0.15, 0.2) is 0 Å². The van der Waals surface area contributed by atoms with Crippen LogP contribution >= 0.6 is 0 Å². The van der Waals surface area contributed by atoms with Crippen molar-refractivity contribution >= 4 is 22.5 Å². The Labute approximate surface area is 239 Å². The van der Waals surface area contributed by atoms with Gasteiger partial charge in [0, 0.05) is 36.3 Å². The van der Waals surface area contributed by atoms with Crippen LogP contribution in [0.15, 0.2) is 88.7 Å². The van der Waals surface area contributed by atoms with Gasteiger partial charge in [0.05, 0.1) is 30.8 Å². The molecular formula is C31H27FN4O6. The molecule has 0 bridgehead atoms. The average Bonchev–Trinajstić information content (AvgIpc) is 2.98. The van der Waals surface area contributed by atoms with Gasteiger partial charge in [-0.3, -0.25) is 19.1 Å². The molecule has 11 heteroatoms. The highest BCUT2D eigenvalue weighted by atomic mass is 19.1. The number of pyridine rings is 1. The summed E-state index contributed by atoms with van der Waals surface area (Å²) >= 11 is 0. The molecule has 0 unspecified atom stereocenters. The molecule has 214 valence electrons. The highest BCUT2D eigenvalue weighted by Crippen LogP contribution is 2.38. The number of nitrogens with one attached hydrogen (secondary N) is 1. The van der Waals surface area contributed by atoms with Crippen molar-refractivity contribution in [2.75, 3.05) is 19.5 Å². The topological polar surface area (TPSA) is 114 Å². The number of benzene rings is 3. The van der Waals surface area contributed by atoms with Crippen molar-refractivity contribution in [2.24, 2.45) is 0 Å². The van der Waals surface area contributed by atoms with E-state index in [1.54, 1.807) is 76.7 Å². The second-order valence-electron chi connectivity index (χ2n) is 9.56. The Kier molecular flexibility index (Phi) is 7.74. The fraction of sp³-hybridized carbons (Fsp3) is 0.161. The third kappa shape index (κ3) is 5.44. The summed E-state index contributed by atoms with van der Waals surface area (Å²) < 4.78 is 32.6. The molecule has 0 saturated heterocycles. The molecule has 2 heterocycles. The van der Waals surface area contributed by atoms with Gasteiger partial charge >= 0.3 is 5.69 Å². The van der Waals surface area contributed by atoms with E-state index in [1.165, 1.54) is 22.9 Å². The number of carbonyl (C=O) groups excluding carboxylic acids is 1. The predicted octanol–water partition coefficient (Wildman–Crippen LogP) is 5.33. The number of carbonyl (C=O) groups is 1. The van der Waals surface area contributed by atoms with Gasteiger partial charge < -0.3 is 19.5 Å². The number of hydrogen-bond donors (Lipinski definition) is 1. The molecule has 5 rings (SSSR count). The minimum absolute atomic E-state index is 0.149. The van der Waals surface area contributed by atoms with E-state index in [4.69, 9.17) is 14.2 Å². The zero-order valence-electron chi connectivity index (χ0n) is 23.3. The monoisotopic (exact) mass is 570 g/mol. The Morgan fingerprint density at radius 2 is 1.62 bits per heavy atom. The largest absolute Gasteiger partial charge is 0.497 e. The lowest BCUT2D eigenvalue weighted by atomic mass is 10.1. The van der Waals surface area contributed by atoms with Gasteiger partial charge in [-0.05, 0) is 68.4 Å². The summed E-state index contributed by atoms with van der Waals surface area (Å²) in [5, 5.41) is 3.36. The summed E-state index contributed by atoms with van der Waals surface area (Å²) in [4.78, 5) is 44.0. The summed E-state index contributed by atoms with van der Waals surface area (Å²) in [7, 11) is 3.10. The fourth-order valence-corrected chi connectivity index (χ4v) is 4.41. The molecule has 0 radical (unpaired) electrons. The van der Waals surface area contributed by atoms with Gasteiger partial charge in [-0.1, -0.05) is 0 Å². The van der Waals surface area contributed by atoms with Crippen molar-refractivity contribution in [2.45, 2.75) is 19.9 Å². The van der Waals surface area contributed by atoms with Crippen LogP contribution in [0, 0.1) is 5.82 Å². The lowest BCUT2D eigenvalue weighted by Gasteiger charge is -2.16. The van der Waals surface area contributed by atoms with Crippen LogP contribution in [0.2, 0.25) is 0 Å². The predicted molar refractivity (Wildman–Crippen MR) is 156 cm³/mol. The molecule has 0 aliphatic rings. The van der Waals surface area contributed by atoms with E-state index in [9.17, 15) is 18.8 Å². The molecule has 3 aromatic carbocycles. The Morgan fingerprint density at radius 3 is 2.26 bits per heavy atom. The van der Waals surface area contributed by atoms with Crippen LogP contribution in [0.25, 0.3) is 16.6 Å². The number of methoxy groups -OCH3 is 2. The van der Waals surface area contributed by atoms with Crippen molar-refractivity contribution in [3.05, 3.63) is 111 Å². The molecule has 0 atom stereocenters. The molecule has 1 N–H and O–H groups in total. The van der Waals surface area contributed by atoms with Crippen molar-refractivity contribution in [1.82, 2.24) is 14.1 Å². The molecule has 10 nitrogen and oxygen atoms in total. The molecular weight excluding hydrogens is 543 g/mol. The first-order valence-electron chi connectivity index (χ1n) is 12.9. The zero-order valence-corrected chi connectivity index (χ0v) is 23.3. The van der Waals surface area contributed by atoms with Gasteiger partial charge in [-0.15, -0.1) is 0 Å². The normalized spacial score (nSPS) is 11.0. The maximum Gasteiger partial charge on any atom is 0.335 e. The quantitative estimate of drug-likeness (QED) is 0.268. The van der Waals surface area contributed by atoms with Crippen molar-refractivity contribution in [3.63, 3.8) is 0 Å². The van der Waals surface area contributed by atoms with Gasteiger partial charge in [0.25, 0.3) is 11.5 Å². The van der Waals surface area contributed by atoms with Crippen LogP contribution in [-0.2, 0) is 0 Å². The lowest BCUT2D eigenvalue weighted by Crippen LogP contribution is -2.42. The lowest BCUT2D eigenvalue weighted by molar-refractivity contribution is 0.102. The Bertz CT molecular complexity index is 1900. The highest BCUT2D eigenvalue weighted by molar-refractivity contribution is 6.04. The maximum atomic E-state index is 13.5. The van der Waals surface area contributed by atoms with E-state index in [0.29, 0.717) is 39.6 Å². The summed E-state index contributed by atoms with van der Waals surface area (Å²) in [6, 6.07) is 16.3. The fourth-order valence-electron chi connectivity index (χ4n) is 4.41. The molecule has 1 amide bonds. The number of halogens is 1. The van der Waals surface area contributed by atoms with Crippen LogP contribution in [0.5, 0.6) is 23.0 Å². The molecule has 0 aliphatic carbocycles. The number of ether oxygens (including phenoxy) is 3. The first kappa shape index (κ1) is 28.1. The molecule has 0 aliphatic heterocycles. The van der Waals surface area contributed by atoms with Crippen LogP contribution in [-0.4, -0.2) is 34.2 Å². The molecule has 5 aromatic rings. The number of nitrogens with zero attached hydrogens (tertiary/aromatic N) is 3. The number of aromatic nitrogens is 3. The molecule has 0 saturated carbocycles. The summed E-state index contributed by atoms with van der Waals surface area (Å²) in [5.74, 6) is 0.883. The number of fused-ring (bicyclic) bond motifs is 1. The molecule has 0 spiro atoms. The van der Waals surface area contributed by atoms with Crippen molar-refractivity contribution in [3.8, 4) is 28.7 Å². The summed E-state index contributed by atoms with van der Waals surface area (Å²) in [5.41, 5.74) is -0.547. The Balaban J connectivity index is 1.43. The summed E-state index contributed by atoms with van der Waals surface area (Å²) in [6.07, 6.45) is 2.85. The Hall–Kier alpha value is -5.45. The minimum Gasteiger partial charge on any atom is -0.497 e. The average molecular weight is 571 g/mol. The van der Waals surface area contributed by atoms with E-state index < -0.39 is 23.0 Å². The minimum atomic E-state index is -0.823. The zero-order chi connectivity index (χ0) is 30.0. The van der Waals surface area contributed by atoms with E-state index in [1.807, 2.05) is 0 Å². The second kappa shape index (κ2) is 11.6. The first-order chi connectivity index (χ1) is 20.2. The van der Waals surface area contributed by atoms with Crippen LogP contribution in [0.3, 0.4) is 0 Å². The molecule has 2 aromatic heterocycles. The number of anilines is 1. The second-order valence-corrected chi connectivity index (χ2v) is 9.56. The third-order valence-corrected chi connectivity index (χ3v) is 6.54. The highest BCUT2D eigenvalue weighted by Gasteiger charge is 2.20. The van der Waals surface area contributed by atoms with Gasteiger partial charge in [-0.2, -0.15) is 0 Å². The van der Waals surface area contributed by atoms with Crippen LogP contribution in [0.4, 0.5) is 10.1 Å². The molecule has 0 fully saturated rings. The maximum absolute atomic E-state index is 13.5. The van der Waals surface area contributed by atoms with Crippen molar-refractivity contribution in [1.29, 1.82) is 0 Å². The number of amides is 1. The number of rotatable bonds is 8. The third-order valence-electron chi connectivity index (χ3n) is 6.54. The van der Waals surface area contributed by atoms with E-state index >= 15 is 0 Å². The van der Waals surface area contributed by atoms with E-state index in [-0.39, 0.29) is 17.3 Å². The van der Waals surface area contributed by atoms with E-state index in [2.05, 4.69) is 10.3 Å². The van der Waals surface area contributed by atoms with Crippen LogP contribution < -0.4 is 30.8 Å². The van der Waals surface area contributed by atoms with Gasteiger partial charge in [-0.25, -0.2) is 13.8 Å². The smallest absolute Gasteiger partial charge is 0.335 e. The number of hydrogen-bond acceptors (Lipinski definition) is 7.